The lowest BCUT2D eigenvalue weighted by Crippen LogP contribution is -1.97. The maximum absolute atomic E-state index is 10.8. The molecule has 5 nitrogen and oxygen atoms in total. The minimum atomic E-state index is -0.919. The van der Waals surface area contributed by atoms with Crippen molar-refractivity contribution in [2.75, 3.05) is 0 Å². The van der Waals surface area contributed by atoms with Crippen LogP contribution in [0.15, 0.2) is 42.5 Å². The van der Waals surface area contributed by atoms with Crippen LogP contribution < -0.4 is 0 Å². The number of benzene rings is 2. The van der Waals surface area contributed by atoms with Gasteiger partial charge in [0.05, 0.1) is 12.1 Å². The molecule has 1 aromatic heterocycles. The van der Waals surface area contributed by atoms with E-state index in [0.717, 1.165) is 28.7 Å². The molecular weight excluding hydrogens is 254 g/mol. The van der Waals surface area contributed by atoms with Gasteiger partial charge in [-0.2, -0.15) is 15.0 Å². The number of aromatic carboxylic acids is 1. The summed E-state index contributed by atoms with van der Waals surface area (Å²) in [6.45, 7) is 2.72. The molecule has 0 fully saturated rings. The SMILES string of the molecule is CCn1nc2ccc(-c3ccc(C(=O)O)cc3)cc2n1. The number of rotatable bonds is 3. The van der Waals surface area contributed by atoms with E-state index in [2.05, 4.69) is 10.2 Å². The van der Waals surface area contributed by atoms with Crippen LogP contribution in [0.4, 0.5) is 0 Å². The number of fused-ring (bicyclic) bond motifs is 1. The summed E-state index contributed by atoms with van der Waals surface area (Å²) in [7, 11) is 0. The summed E-state index contributed by atoms with van der Waals surface area (Å²) in [5, 5.41) is 17.6. The summed E-state index contributed by atoms with van der Waals surface area (Å²) in [4.78, 5) is 12.5. The van der Waals surface area contributed by atoms with Crippen LogP contribution in [-0.4, -0.2) is 26.1 Å². The Kier molecular flexibility index (Phi) is 2.95. The molecular formula is C15H13N3O2. The third-order valence-corrected chi connectivity index (χ3v) is 3.17. The molecule has 0 atom stereocenters. The number of carboxylic acids is 1. The molecule has 5 heteroatoms. The zero-order valence-electron chi connectivity index (χ0n) is 10.9. The van der Waals surface area contributed by atoms with Gasteiger partial charge in [0.1, 0.15) is 11.0 Å². The van der Waals surface area contributed by atoms with Crippen molar-refractivity contribution in [3.05, 3.63) is 48.0 Å². The van der Waals surface area contributed by atoms with E-state index < -0.39 is 5.97 Å². The Balaban J connectivity index is 2.02. The monoisotopic (exact) mass is 267 g/mol. The Hall–Kier alpha value is -2.69. The summed E-state index contributed by atoms with van der Waals surface area (Å²) in [5.41, 5.74) is 3.94. The number of nitrogens with zero attached hydrogens (tertiary/aromatic N) is 3. The molecule has 3 aromatic rings. The number of hydrogen-bond donors (Lipinski definition) is 1. The topological polar surface area (TPSA) is 68.0 Å². The number of aromatic nitrogens is 3. The van der Waals surface area contributed by atoms with Gasteiger partial charge in [-0.3, -0.25) is 0 Å². The lowest BCUT2D eigenvalue weighted by molar-refractivity contribution is 0.0697. The van der Waals surface area contributed by atoms with Crippen molar-refractivity contribution in [1.82, 2.24) is 15.0 Å². The molecule has 0 amide bonds. The Morgan fingerprint density at radius 3 is 2.35 bits per heavy atom. The highest BCUT2D eigenvalue weighted by atomic mass is 16.4. The molecule has 3 rings (SSSR count). The fourth-order valence-electron chi connectivity index (χ4n) is 2.09. The van der Waals surface area contributed by atoms with E-state index in [4.69, 9.17) is 5.11 Å². The van der Waals surface area contributed by atoms with Gasteiger partial charge in [0, 0.05) is 0 Å². The number of hydrogen-bond acceptors (Lipinski definition) is 3. The number of carboxylic acid groups (broad SMARTS) is 1. The molecule has 0 aliphatic carbocycles. The van der Waals surface area contributed by atoms with Crippen LogP contribution in [0.1, 0.15) is 17.3 Å². The molecule has 0 aliphatic rings. The minimum Gasteiger partial charge on any atom is -0.478 e. The van der Waals surface area contributed by atoms with Gasteiger partial charge in [-0.25, -0.2) is 4.79 Å². The van der Waals surface area contributed by atoms with Gasteiger partial charge in [-0.15, -0.1) is 0 Å². The lowest BCUT2D eigenvalue weighted by Gasteiger charge is -2.01. The zero-order valence-corrected chi connectivity index (χ0v) is 10.9. The van der Waals surface area contributed by atoms with Crippen molar-refractivity contribution in [1.29, 1.82) is 0 Å². The first-order valence-electron chi connectivity index (χ1n) is 6.36. The van der Waals surface area contributed by atoms with Gasteiger partial charge in [0.25, 0.3) is 0 Å². The van der Waals surface area contributed by atoms with E-state index in [-0.39, 0.29) is 5.56 Å². The zero-order chi connectivity index (χ0) is 14.1. The van der Waals surface area contributed by atoms with Gasteiger partial charge >= 0.3 is 5.97 Å². The maximum atomic E-state index is 10.8. The van der Waals surface area contributed by atoms with Crippen LogP contribution in [0.25, 0.3) is 22.2 Å². The Morgan fingerprint density at radius 2 is 1.70 bits per heavy atom. The number of aryl methyl sites for hydroxylation is 1. The molecule has 0 saturated heterocycles. The van der Waals surface area contributed by atoms with Crippen LogP contribution in [0.3, 0.4) is 0 Å². The van der Waals surface area contributed by atoms with E-state index in [1.54, 1.807) is 29.1 Å². The molecule has 0 radical (unpaired) electrons. The average molecular weight is 267 g/mol. The second-order valence-corrected chi connectivity index (χ2v) is 4.47. The summed E-state index contributed by atoms with van der Waals surface area (Å²) < 4.78 is 0. The van der Waals surface area contributed by atoms with Gasteiger partial charge in [0.15, 0.2) is 0 Å². The van der Waals surface area contributed by atoms with Crippen LogP contribution in [0.2, 0.25) is 0 Å². The van der Waals surface area contributed by atoms with E-state index in [1.807, 2.05) is 25.1 Å². The highest BCUT2D eigenvalue weighted by Crippen LogP contribution is 2.23. The predicted molar refractivity (Wildman–Crippen MR) is 75.6 cm³/mol. The third kappa shape index (κ3) is 2.14. The van der Waals surface area contributed by atoms with Crippen LogP contribution in [0, 0.1) is 0 Å². The molecule has 0 aliphatic heterocycles. The van der Waals surface area contributed by atoms with Gasteiger partial charge in [-0.05, 0) is 42.3 Å². The molecule has 0 saturated carbocycles. The van der Waals surface area contributed by atoms with Crippen molar-refractivity contribution in [3.8, 4) is 11.1 Å². The molecule has 0 bridgehead atoms. The quantitative estimate of drug-likeness (QED) is 0.792. The van der Waals surface area contributed by atoms with E-state index in [1.165, 1.54) is 0 Å². The van der Waals surface area contributed by atoms with Crippen molar-refractivity contribution in [2.24, 2.45) is 0 Å². The summed E-state index contributed by atoms with van der Waals surface area (Å²) in [6, 6.07) is 12.7. The van der Waals surface area contributed by atoms with E-state index in [9.17, 15) is 4.79 Å². The smallest absolute Gasteiger partial charge is 0.335 e. The second kappa shape index (κ2) is 4.77. The molecule has 100 valence electrons. The molecule has 0 spiro atoms. The Labute approximate surface area is 115 Å². The second-order valence-electron chi connectivity index (χ2n) is 4.47. The first kappa shape index (κ1) is 12.3. The summed E-state index contributed by atoms with van der Waals surface area (Å²) in [6.07, 6.45) is 0. The summed E-state index contributed by atoms with van der Waals surface area (Å²) >= 11 is 0. The average Bonchev–Trinajstić information content (AvgIpc) is 2.89. The fraction of sp³-hybridized carbons (Fsp3) is 0.133. The molecule has 1 heterocycles. The van der Waals surface area contributed by atoms with Gasteiger partial charge in [0.2, 0.25) is 0 Å². The highest BCUT2D eigenvalue weighted by molar-refractivity contribution is 5.88. The van der Waals surface area contributed by atoms with Crippen molar-refractivity contribution in [2.45, 2.75) is 13.5 Å². The normalized spacial score (nSPS) is 10.8. The lowest BCUT2D eigenvalue weighted by atomic mass is 10.0. The molecule has 0 unspecified atom stereocenters. The van der Waals surface area contributed by atoms with Crippen LogP contribution >= 0.6 is 0 Å². The molecule has 2 aromatic carbocycles. The van der Waals surface area contributed by atoms with Crippen LogP contribution in [0.5, 0.6) is 0 Å². The van der Waals surface area contributed by atoms with E-state index in [0.29, 0.717) is 0 Å². The first-order chi connectivity index (χ1) is 9.67. The van der Waals surface area contributed by atoms with Gasteiger partial charge < -0.3 is 5.11 Å². The summed E-state index contributed by atoms with van der Waals surface area (Å²) in [5.74, 6) is -0.919. The van der Waals surface area contributed by atoms with Crippen LogP contribution in [-0.2, 0) is 6.54 Å². The first-order valence-corrected chi connectivity index (χ1v) is 6.36. The fourth-order valence-corrected chi connectivity index (χ4v) is 2.09. The van der Waals surface area contributed by atoms with Crippen molar-refractivity contribution in [3.63, 3.8) is 0 Å². The standard InChI is InChI=1S/C15H13N3O2/c1-2-18-16-13-8-7-12(9-14(13)17-18)10-3-5-11(6-4-10)15(19)20/h3-9H,2H2,1H3,(H,19,20). The highest BCUT2D eigenvalue weighted by Gasteiger charge is 2.06. The third-order valence-electron chi connectivity index (χ3n) is 3.17. The number of carbonyl (C=O) groups is 1. The largest absolute Gasteiger partial charge is 0.478 e. The van der Waals surface area contributed by atoms with E-state index >= 15 is 0 Å². The molecule has 1 N–H and O–H groups in total. The van der Waals surface area contributed by atoms with Gasteiger partial charge in [-0.1, -0.05) is 18.2 Å². The Bertz CT molecular complexity index is 775. The van der Waals surface area contributed by atoms with Crippen molar-refractivity contribution >= 4 is 17.0 Å². The Morgan fingerprint density at radius 1 is 1.05 bits per heavy atom. The van der Waals surface area contributed by atoms with Crippen molar-refractivity contribution < 1.29 is 9.90 Å². The maximum Gasteiger partial charge on any atom is 0.335 e. The minimum absolute atomic E-state index is 0.284. The molecule has 20 heavy (non-hydrogen) atoms. The predicted octanol–water partition coefficient (Wildman–Crippen LogP) is 2.82.